The summed E-state index contributed by atoms with van der Waals surface area (Å²) in [7, 11) is 1.72. The van der Waals surface area contributed by atoms with Crippen LogP contribution in [0.1, 0.15) is 15.2 Å². The molecule has 0 bridgehead atoms. The standard InChI is InChI=1S/C14H12BrN3O2S/c1-7-5-8(3-4-10(7)19)18(2)14(20)11-6-9-12(15)16-17-13(9)21-11/h3-6,19H,1-2H3,(H,16,17). The summed E-state index contributed by atoms with van der Waals surface area (Å²) in [5.41, 5.74) is 1.47. The van der Waals surface area contributed by atoms with E-state index in [4.69, 9.17) is 0 Å². The van der Waals surface area contributed by atoms with Gasteiger partial charge in [0.25, 0.3) is 5.91 Å². The number of thiophene rings is 1. The molecule has 2 aromatic heterocycles. The second-order valence-electron chi connectivity index (χ2n) is 4.70. The quantitative estimate of drug-likeness (QED) is 0.727. The van der Waals surface area contributed by atoms with Crippen molar-refractivity contribution in [1.29, 1.82) is 0 Å². The highest BCUT2D eigenvalue weighted by Gasteiger charge is 2.19. The van der Waals surface area contributed by atoms with Gasteiger partial charge in [-0.05, 0) is 52.7 Å². The van der Waals surface area contributed by atoms with Crippen LogP contribution in [0.2, 0.25) is 0 Å². The van der Waals surface area contributed by atoms with E-state index in [1.165, 1.54) is 11.3 Å². The number of phenols is 1. The van der Waals surface area contributed by atoms with Crippen molar-refractivity contribution < 1.29 is 9.90 Å². The topological polar surface area (TPSA) is 69.2 Å². The van der Waals surface area contributed by atoms with Gasteiger partial charge in [0.05, 0.1) is 4.88 Å². The van der Waals surface area contributed by atoms with Crippen LogP contribution in [0.15, 0.2) is 28.9 Å². The second-order valence-corrected chi connectivity index (χ2v) is 6.53. The first-order valence-corrected chi connectivity index (χ1v) is 7.79. The van der Waals surface area contributed by atoms with E-state index < -0.39 is 0 Å². The number of aromatic hydroxyl groups is 1. The zero-order chi connectivity index (χ0) is 15.1. The molecule has 3 aromatic rings. The third kappa shape index (κ3) is 2.43. The molecular weight excluding hydrogens is 354 g/mol. The highest BCUT2D eigenvalue weighted by Crippen LogP contribution is 2.31. The van der Waals surface area contributed by atoms with Gasteiger partial charge in [0.2, 0.25) is 0 Å². The van der Waals surface area contributed by atoms with Gasteiger partial charge in [-0.25, -0.2) is 0 Å². The summed E-state index contributed by atoms with van der Waals surface area (Å²) in [6.45, 7) is 1.80. The smallest absolute Gasteiger partial charge is 0.268 e. The molecular formula is C14H12BrN3O2S. The lowest BCUT2D eigenvalue weighted by molar-refractivity contribution is 0.0997. The van der Waals surface area contributed by atoms with E-state index in [2.05, 4.69) is 26.1 Å². The number of aryl methyl sites for hydroxylation is 1. The molecule has 108 valence electrons. The molecule has 0 spiro atoms. The van der Waals surface area contributed by atoms with Crippen LogP contribution in [-0.2, 0) is 0 Å². The van der Waals surface area contributed by atoms with E-state index in [0.717, 1.165) is 26.1 Å². The first-order chi connectivity index (χ1) is 9.97. The van der Waals surface area contributed by atoms with E-state index in [1.54, 1.807) is 37.1 Å². The number of phenolic OH excluding ortho intramolecular Hbond substituents is 1. The van der Waals surface area contributed by atoms with Crippen molar-refractivity contribution in [1.82, 2.24) is 10.2 Å². The number of anilines is 1. The van der Waals surface area contributed by atoms with Crippen molar-refractivity contribution in [3.8, 4) is 5.75 Å². The van der Waals surface area contributed by atoms with Crippen LogP contribution < -0.4 is 4.90 Å². The van der Waals surface area contributed by atoms with Crippen LogP contribution in [0.25, 0.3) is 10.2 Å². The fourth-order valence-electron chi connectivity index (χ4n) is 2.02. The van der Waals surface area contributed by atoms with Gasteiger partial charge >= 0.3 is 0 Å². The summed E-state index contributed by atoms with van der Waals surface area (Å²) in [6, 6.07) is 6.91. The van der Waals surface area contributed by atoms with Crippen LogP contribution in [0.3, 0.4) is 0 Å². The van der Waals surface area contributed by atoms with Crippen molar-refractivity contribution >= 4 is 49.1 Å². The zero-order valence-corrected chi connectivity index (χ0v) is 13.7. The fourth-order valence-corrected chi connectivity index (χ4v) is 3.51. The van der Waals surface area contributed by atoms with Crippen molar-refractivity contribution in [2.75, 3.05) is 11.9 Å². The first-order valence-electron chi connectivity index (χ1n) is 6.18. The van der Waals surface area contributed by atoms with Gasteiger partial charge < -0.3 is 10.0 Å². The number of carbonyl (C=O) groups is 1. The molecule has 2 heterocycles. The SMILES string of the molecule is Cc1cc(N(C)C(=O)c2cc3c(Br)[nH]nc3s2)ccc1O. The molecule has 2 N–H and O–H groups in total. The Bertz CT molecular complexity index is 840. The van der Waals surface area contributed by atoms with Gasteiger partial charge in [-0.3, -0.25) is 9.89 Å². The molecule has 0 aliphatic carbocycles. The number of nitrogens with one attached hydrogen (secondary N) is 1. The third-order valence-electron chi connectivity index (χ3n) is 3.29. The number of aromatic amines is 1. The number of benzene rings is 1. The monoisotopic (exact) mass is 365 g/mol. The van der Waals surface area contributed by atoms with Crippen molar-refractivity contribution in [2.45, 2.75) is 6.92 Å². The molecule has 0 saturated carbocycles. The Balaban J connectivity index is 1.94. The minimum absolute atomic E-state index is 0.102. The average molecular weight is 366 g/mol. The van der Waals surface area contributed by atoms with Crippen LogP contribution in [0.4, 0.5) is 5.69 Å². The average Bonchev–Trinajstić information content (AvgIpc) is 3.03. The number of H-pyrrole nitrogens is 1. The lowest BCUT2D eigenvalue weighted by atomic mass is 10.2. The van der Waals surface area contributed by atoms with Gasteiger partial charge in [0.15, 0.2) is 0 Å². The second kappa shape index (κ2) is 5.16. The van der Waals surface area contributed by atoms with E-state index in [1.807, 2.05) is 6.07 Å². The summed E-state index contributed by atoms with van der Waals surface area (Å²) in [5, 5.41) is 17.4. The molecule has 3 rings (SSSR count). The van der Waals surface area contributed by atoms with E-state index in [0.29, 0.717) is 4.88 Å². The molecule has 1 amide bonds. The largest absolute Gasteiger partial charge is 0.508 e. The van der Waals surface area contributed by atoms with Crippen LogP contribution in [-0.4, -0.2) is 28.3 Å². The lowest BCUT2D eigenvalue weighted by Crippen LogP contribution is -2.25. The fraction of sp³-hybridized carbons (Fsp3) is 0.143. The summed E-state index contributed by atoms with van der Waals surface area (Å²) in [6.07, 6.45) is 0. The number of amides is 1. The molecule has 0 saturated heterocycles. The van der Waals surface area contributed by atoms with Gasteiger partial charge in [-0.1, -0.05) is 0 Å². The summed E-state index contributed by atoms with van der Waals surface area (Å²) in [4.78, 5) is 15.5. The summed E-state index contributed by atoms with van der Waals surface area (Å²) < 4.78 is 0.774. The van der Waals surface area contributed by atoms with Crippen molar-refractivity contribution in [3.63, 3.8) is 0 Å². The van der Waals surface area contributed by atoms with Crippen LogP contribution in [0, 0.1) is 6.92 Å². The van der Waals surface area contributed by atoms with Gasteiger partial charge in [0.1, 0.15) is 15.2 Å². The molecule has 0 fully saturated rings. The minimum Gasteiger partial charge on any atom is -0.508 e. The van der Waals surface area contributed by atoms with Gasteiger partial charge in [-0.15, -0.1) is 11.3 Å². The lowest BCUT2D eigenvalue weighted by Gasteiger charge is -2.17. The van der Waals surface area contributed by atoms with E-state index >= 15 is 0 Å². The Labute approximate surface area is 133 Å². The predicted molar refractivity (Wildman–Crippen MR) is 87.2 cm³/mol. The Morgan fingerprint density at radius 2 is 2.19 bits per heavy atom. The van der Waals surface area contributed by atoms with Gasteiger partial charge in [-0.2, -0.15) is 5.10 Å². The Morgan fingerprint density at radius 1 is 1.43 bits per heavy atom. The molecule has 0 atom stereocenters. The number of aromatic nitrogens is 2. The highest BCUT2D eigenvalue weighted by molar-refractivity contribution is 9.10. The maximum atomic E-state index is 12.5. The third-order valence-corrected chi connectivity index (χ3v) is 4.91. The maximum Gasteiger partial charge on any atom is 0.268 e. The molecule has 0 aliphatic rings. The molecule has 5 nitrogen and oxygen atoms in total. The Kier molecular flexibility index (Phi) is 3.46. The van der Waals surface area contributed by atoms with Gasteiger partial charge in [0, 0.05) is 18.1 Å². The maximum absolute atomic E-state index is 12.5. The molecule has 7 heteroatoms. The highest BCUT2D eigenvalue weighted by atomic mass is 79.9. The molecule has 21 heavy (non-hydrogen) atoms. The first kappa shape index (κ1) is 14.1. The number of nitrogens with zero attached hydrogens (tertiary/aromatic N) is 2. The van der Waals surface area contributed by atoms with Crippen molar-refractivity contribution in [3.05, 3.63) is 39.3 Å². The number of carbonyl (C=O) groups excluding carboxylic acids is 1. The minimum atomic E-state index is -0.102. The molecule has 1 aromatic carbocycles. The zero-order valence-electron chi connectivity index (χ0n) is 11.3. The molecule has 0 unspecified atom stereocenters. The van der Waals surface area contributed by atoms with E-state index in [-0.39, 0.29) is 11.7 Å². The number of rotatable bonds is 2. The summed E-state index contributed by atoms with van der Waals surface area (Å²) in [5.74, 6) is 0.119. The molecule has 0 radical (unpaired) electrons. The van der Waals surface area contributed by atoms with Crippen LogP contribution >= 0.6 is 27.3 Å². The van der Waals surface area contributed by atoms with Crippen LogP contribution in [0.5, 0.6) is 5.75 Å². The van der Waals surface area contributed by atoms with Crippen molar-refractivity contribution in [2.24, 2.45) is 0 Å². The predicted octanol–water partition coefficient (Wildman–Crippen LogP) is 3.68. The number of halogens is 1. The molecule has 0 aliphatic heterocycles. The number of hydrogen-bond acceptors (Lipinski definition) is 4. The van der Waals surface area contributed by atoms with E-state index in [9.17, 15) is 9.90 Å². The number of hydrogen-bond donors (Lipinski definition) is 2. The Hall–Kier alpha value is -1.86. The Morgan fingerprint density at radius 3 is 2.86 bits per heavy atom. The normalized spacial score (nSPS) is 11.0. The summed E-state index contributed by atoms with van der Waals surface area (Å²) >= 11 is 4.71. The number of fused-ring (bicyclic) bond motifs is 1.